The normalized spacial score (nSPS) is 10.2. The van der Waals surface area contributed by atoms with E-state index < -0.39 is 0 Å². The molecule has 0 atom stereocenters. The molecule has 0 heterocycles. The first-order chi connectivity index (χ1) is 8.71. The van der Waals surface area contributed by atoms with Gasteiger partial charge in [0.15, 0.2) is 0 Å². The van der Waals surface area contributed by atoms with E-state index >= 15 is 0 Å². The summed E-state index contributed by atoms with van der Waals surface area (Å²) in [5.41, 5.74) is 2.44. The van der Waals surface area contributed by atoms with E-state index in [1.54, 1.807) is 7.05 Å². The first-order valence-electron chi connectivity index (χ1n) is 6.46. The third-order valence-electron chi connectivity index (χ3n) is 2.96. The number of hydrogen-bond acceptors (Lipinski definition) is 3. The molecule has 2 N–H and O–H groups in total. The molecule has 0 fully saturated rings. The van der Waals surface area contributed by atoms with Crippen molar-refractivity contribution in [2.45, 2.75) is 20.4 Å². The van der Waals surface area contributed by atoms with Crippen LogP contribution in [0, 0.1) is 0 Å². The Balaban J connectivity index is 2.47. The minimum absolute atomic E-state index is 0.00904. The lowest BCUT2D eigenvalue weighted by Gasteiger charge is -2.21. The van der Waals surface area contributed by atoms with Crippen molar-refractivity contribution < 1.29 is 4.79 Å². The lowest BCUT2D eigenvalue weighted by atomic mass is 10.2. The third-order valence-corrected chi connectivity index (χ3v) is 2.96. The van der Waals surface area contributed by atoms with Crippen LogP contribution in [0.3, 0.4) is 0 Å². The van der Waals surface area contributed by atoms with E-state index in [0.29, 0.717) is 13.1 Å². The zero-order chi connectivity index (χ0) is 13.4. The fourth-order valence-corrected chi connectivity index (χ4v) is 1.82. The molecule has 0 saturated heterocycles. The summed E-state index contributed by atoms with van der Waals surface area (Å²) in [5.74, 6) is 0.00904. The summed E-state index contributed by atoms with van der Waals surface area (Å²) in [7, 11) is 1.64. The van der Waals surface area contributed by atoms with Crippen molar-refractivity contribution in [1.82, 2.24) is 10.6 Å². The molecule has 1 aromatic rings. The lowest BCUT2D eigenvalue weighted by molar-refractivity contribution is -0.119. The zero-order valence-corrected chi connectivity index (χ0v) is 11.5. The van der Waals surface area contributed by atoms with Gasteiger partial charge < -0.3 is 15.5 Å². The highest BCUT2D eigenvalue weighted by molar-refractivity contribution is 5.77. The Morgan fingerprint density at radius 2 is 1.78 bits per heavy atom. The van der Waals surface area contributed by atoms with Gasteiger partial charge in [-0.3, -0.25) is 4.79 Å². The highest BCUT2D eigenvalue weighted by Gasteiger charge is 2.01. The highest BCUT2D eigenvalue weighted by atomic mass is 16.1. The minimum atomic E-state index is 0.00904. The number of amides is 1. The van der Waals surface area contributed by atoms with Crippen LogP contribution in [0.1, 0.15) is 19.4 Å². The Kier molecular flexibility index (Phi) is 6.22. The van der Waals surface area contributed by atoms with Gasteiger partial charge in [0.05, 0.1) is 6.54 Å². The third kappa shape index (κ3) is 4.37. The molecule has 18 heavy (non-hydrogen) atoms. The van der Waals surface area contributed by atoms with Gasteiger partial charge in [0.2, 0.25) is 5.91 Å². The molecule has 0 aliphatic heterocycles. The Hall–Kier alpha value is -1.55. The fraction of sp³-hybridized carbons (Fsp3) is 0.500. The number of rotatable bonds is 7. The second-order valence-electron chi connectivity index (χ2n) is 4.12. The average Bonchev–Trinajstić information content (AvgIpc) is 2.41. The molecule has 0 aliphatic rings. The number of benzene rings is 1. The molecule has 4 heteroatoms. The van der Waals surface area contributed by atoms with Crippen LogP contribution < -0.4 is 15.5 Å². The Morgan fingerprint density at radius 1 is 1.17 bits per heavy atom. The molecule has 0 aliphatic carbocycles. The molecule has 0 spiro atoms. The van der Waals surface area contributed by atoms with Crippen molar-refractivity contribution in [3.63, 3.8) is 0 Å². The Bertz CT molecular complexity index is 358. The summed E-state index contributed by atoms with van der Waals surface area (Å²) in [6, 6.07) is 8.46. The average molecular weight is 249 g/mol. The molecule has 0 saturated carbocycles. The van der Waals surface area contributed by atoms with Crippen LogP contribution in [0.15, 0.2) is 24.3 Å². The summed E-state index contributed by atoms with van der Waals surface area (Å²) in [6.45, 7) is 7.42. The number of likely N-dealkylation sites (N-methyl/N-ethyl adjacent to an activating group) is 1. The predicted molar refractivity (Wildman–Crippen MR) is 75.8 cm³/mol. The molecular weight excluding hydrogens is 226 g/mol. The van der Waals surface area contributed by atoms with E-state index in [4.69, 9.17) is 0 Å². The van der Waals surface area contributed by atoms with E-state index in [0.717, 1.165) is 13.1 Å². The van der Waals surface area contributed by atoms with Crippen LogP contribution in [0.2, 0.25) is 0 Å². The molecule has 0 aromatic heterocycles. The van der Waals surface area contributed by atoms with Gasteiger partial charge in [0.25, 0.3) is 0 Å². The number of carbonyl (C=O) groups is 1. The molecule has 100 valence electrons. The first kappa shape index (κ1) is 14.5. The van der Waals surface area contributed by atoms with Crippen LogP contribution in [-0.2, 0) is 11.3 Å². The van der Waals surface area contributed by atoms with Gasteiger partial charge in [-0.2, -0.15) is 0 Å². The number of carbonyl (C=O) groups excluding carboxylic acids is 1. The standard InChI is InChI=1S/C14H23N3O/c1-4-17(5-2)13-8-6-12(7-9-13)10-16-11-14(18)15-3/h6-9,16H,4-5,10-11H2,1-3H3,(H,15,18). The summed E-state index contributed by atoms with van der Waals surface area (Å²) >= 11 is 0. The van der Waals surface area contributed by atoms with Gasteiger partial charge in [0, 0.05) is 32.4 Å². The summed E-state index contributed by atoms with van der Waals surface area (Å²) in [5, 5.41) is 5.69. The van der Waals surface area contributed by atoms with E-state index in [9.17, 15) is 4.79 Å². The second-order valence-corrected chi connectivity index (χ2v) is 4.12. The topological polar surface area (TPSA) is 44.4 Å². The molecule has 0 unspecified atom stereocenters. The van der Waals surface area contributed by atoms with Crippen molar-refractivity contribution in [1.29, 1.82) is 0 Å². The van der Waals surface area contributed by atoms with E-state index in [1.165, 1.54) is 11.3 Å². The number of hydrogen-bond donors (Lipinski definition) is 2. The van der Waals surface area contributed by atoms with Gasteiger partial charge >= 0.3 is 0 Å². The van der Waals surface area contributed by atoms with E-state index in [-0.39, 0.29) is 5.91 Å². The minimum Gasteiger partial charge on any atom is -0.372 e. The van der Waals surface area contributed by atoms with E-state index in [1.807, 2.05) is 0 Å². The van der Waals surface area contributed by atoms with Crippen molar-refractivity contribution in [3.8, 4) is 0 Å². The zero-order valence-electron chi connectivity index (χ0n) is 11.5. The first-order valence-corrected chi connectivity index (χ1v) is 6.46. The molecule has 1 amide bonds. The van der Waals surface area contributed by atoms with Crippen molar-refractivity contribution in [2.24, 2.45) is 0 Å². The quantitative estimate of drug-likeness (QED) is 0.767. The summed E-state index contributed by atoms with van der Waals surface area (Å²) < 4.78 is 0. The maximum atomic E-state index is 11.0. The Morgan fingerprint density at radius 3 is 2.28 bits per heavy atom. The fourth-order valence-electron chi connectivity index (χ4n) is 1.82. The van der Waals surface area contributed by atoms with Gasteiger partial charge in [-0.1, -0.05) is 12.1 Å². The van der Waals surface area contributed by atoms with Gasteiger partial charge in [-0.05, 0) is 31.5 Å². The van der Waals surface area contributed by atoms with Crippen LogP contribution >= 0.6 is 0 Å². The van der Waals surface area contributed by atoms with Crippen molar-refractivity contribution >= 4 is 11.6 Å². The van der Waals surface area contributed by atoms with Gasteiger partial charge in [-0.15, -0.1) is 0 Å². The Labute approximate surface area is 109 Å². The van der Waals surface area contributed by atoms with Crippen molar-refractivity contribution in [2.75, 3.05) is 31.6 Å². The maximum absolute atomic E-state index is 11.0. The summed E-state index contributed by atoms with van der Waals surface area (Å²) in [4.78, 5) is 13.4. The highest BCUT2D eigenvalue weighted by Crippen LogP contribution is 2.14. The van der Waals surface area contributed by atoms with E-state index in [2.05, 4.69) is 53.6 Å². The summed E-state index contributed by atoms with van der Waals surface area (Å²) in [6.07, 6.45) is 0. The number of nitrogens with one attached hydrogen (secondary N) is 2. The molecule has 1 rings (SSSR count). The van der Waals surface area contributed by atoms with Crippen LogP contribution in [0.25, 0.3) is 0 Å². The van der Waals surface area contributed by atoms with Crippen molar-refractivity contribution in [3.05, 3.63) is 29.8 Å². The van der Waals surface area contributed by atoms with Gasteiger partial charge in [0.1, 0.15) is 0 Å². The van der Waals surface area contributed by atoms with Crippen LogP contribution in [0.5, 0.6) is 0 Å². The lowest BCUT2D eigenvalue weighted by Crippen LogP contribution is -2.30. The molecule has 4 nitrogen and oxygen atoms in total. The van der Waals surface area contributed by atoms with Crippen LogP contribution in [-0.4, -0.2) is 32.6 Å². The molecule has 1 aromatic carbocycles. The smallest absolute Gasteiger partial charge is 0.233 e. The molecule has 0 radical (unpaired) electrons. The number of anilines is 1. The molecular formula is C14H23N3O. The SMILES string of the molecule is CCN(CC)c1ccc(CNCC(=O)NC)cc1. The largest absolute Gasteiger partial charge is 0.372 e. The molecule has 0 bridgehead atoms. The predicted octanol–water partition coefficient (Wildman–Crippen LogP) is 1.37. The van der Waals surface area contributed by atoms with Gasteiger partial charge in [-0.25, -0.2) is 0 Å². The van der Waals surface area contributed by atoms with Crippen LogP contribution in [0.4, 0.5) is 5.69 Å². The maximum Gasteiger partial charge on any atom is 0.233 e. The number of nitrogens with zero attached hydrogens (tertiary/aromatic N) is 1. The second kappa shape index (κ2) is 7.71. The monoisotopic (exact) mass is 249 g/mol.